The molecule has 0 saturated carbocycles. The third-order valence-electron chi connectivity index (χ3n) is 2.18. The zero-order valence-corrected chi connectivity index (χ0v) is 9.53. The number of hydrogen-bond donors (Lipinski definition) is 2. The Balaban J connectivity index is 2.50. The van der Waals surface area contributed by atoms with Crippen molar-refractivity contribution in [2.24, 2.45) is 0 Å². The summed E-state index contributed by atoms with van der Waals surface area (Å²) in [5, 5.41) is 5.80. The Morgan fingerprint density at radius 2 is 1.94 bits per heavy atom. The fourth-order valence-electron chi connectivity index (χ4n) is 1.27. The van der Waals surface area contributed by atoms with E-state index in [0.29, 0.717) is 0 Å². The zero-order chi connectivity index (χ0) is 12.0. The van der Waals surface area contributed by atoms with Crippen LogP contribution in [0.2, 0.25) is 0 Å². The highest BCUT2D eigenvalue weighted by Crippen LogP contribution is 2.05. The molecule has 0 aromatic heterocycles. The van der Waals surface area contributed by atoms with Crippen LogP contribution in [0.4, 0.5) is 5.69 Å². The van der Waals surface area contributed by atoms with Crippen molar-refractivity contribution < 1.29 is 4.79 Å². The average Bonchev–Trinajstić information content (AvgIpc) is 2.30. The van der Waals surface area contributed by atoms with Gasteiger partial charge in [0.25, 0.3) is 0 Å². The number of carbonyl (C=O) groups is 1. The highest BCUT2D eigenvalue weighted by molar-refractivity contribution is 5.94. The smallest absolute Gasteiger partial charge is 0.241 e. The molecule has 0 aliphatic rings. The Morgan fingerprint density at radius 3 is 2.50 bits per heavy atom. The molecule has 0 saturated heterocycles. The lowest BCUT2D eigenvalue weighted by Gasteiger charge is -2.15. The van der Waals surface area contributed by atoms with Gasteiger partial charge >= 0.3 is 0 Å². The van der Waals surface area contributed by atoms with Gasteiger partial charge in [0.1, 0.15) is 0 Å². The molecule has 0 radical (unpaired) electrons. The van der Waals surface area contributed by atoms with Crippen LogP contribution in [-0.2, 0) is 4.79 Å². The van der Waals surface area contributed by atoms with Gasteiger partial charge in [-0.05, 0) is 26.0 Å². The van der Waals surface area contributed by atoms with Crippen LogP contribution in [0.5, 0.6) is 0 Å². The molecule has 3 nitrogen and oxygen atoms in total. The molecule has 0 heterocycles. The second-order valence-corrected chi connectivity index (χ2v) is 3.63. The maximum Gasteiger partial charge on any atom is 0.241 e. The largest absolute Gasteiger partial charge is 0.325 e. The molecule has 1 amide bonds. The van der Waals surface area contributed by atoms with E-state index in [-0.39, 0.29) is 18.0 Å². The predicted molar refractivity (Wildman–Crippen MR) is 66.0 cm³/mol. The molecule has 1 rings (SSSR count). The summed E-state index contributed by atoms with van der Waals surface area (Å²) in [4.78, 5) is 11.7. The van der Waals surface area contributed by atoms with Gasteiger partial charge in [-0.25, -0.2) is 0 Å². The van der Waals surface area contributed by atoms with Gasteiger partial charge in [0.2, 0.25) is 5.91 Å². The van der Waals surface area contributed by atoms with E-state index in [1.807, 2.05) is 37.3 Å². The molecule has 0 fully saturated rings. The molecule has 0 aliphatic carbocycles. The molecule has 84 valence electrons. The molecule has 0 spiro atoms. The van der Waals surface area contributed by atoms with Gasteiger partial charge in [0.05, 0.1) is 12.1 Å². The first-order chi connectivity index (χ1) is 7.63. The summed E-state index contributed by atoms with van der Waals surface area (Å²) in [5.74, 6) is 2.43. The van der Waals surface area contributed by atoms with Crippen molar-refractivity contribution in [1.82, 2.24) is 5.32 Å². The maximum atomic E-state index is 11.7. The lowest BCUT2D eigenvalue weighted by molar-refractivity contribution is -0.117. The minimum atomic E-state index is -0.314. The number of anilines is 1. The lowest BCUT2D eigenvalue weighted by Crippen LogP contribution is -2.42. The number of amides is 1. The molecule has 2 N–H and O–H groups in total. The van der Waals surface area contributed by atoms with Crippen molar-refractivity contribution in [3.63, 3.8) is 0 Å². The molecule has 0 bridgehead atoms. The van der Waals surface area contributed by atoms with Crippen LogP contribution in [0.25, 0.3) is 0 Å². The van der Waals surface area contributed by atoms with Crippen molar-refractivity contribution in [3.05, 3.63) is 30.3 Å². The van der Waals surface area contributed by atoms with Crippen LogP contribution in [-0.4, -0.2) is 18.0 Å². The summed E-state index contributed by atoms with van der Waals surface area (Å²) in [6.07, 6.45) is 5.23. The van der Waals surface area contributed by atoms with Gasteiger partial charge in [-0.15, -0.1) is 6.42 Å². The van der Waals surface area contributed by atoms with Crippen LogP contribution in [0.1, 0.15) is 13.8 Å². The molecule has 0 aliphatic heterocycles. The van der Waals surface area contributed by atoms with Crippen molar-refractivity contribution in [1.29, 1.82) is 0 Å². The summed E-state index contributed by atoms with van der Waals surface area (Å²) in [6.45, 7) is 3.62. The van der Waals surface area contributed by atoms with E-state index in [1.165, 1.54) is 0 Å². The first-order valence-corrected chi connectivity index (χ1v) is 5.21. The molecule has 2 unspecified atom stereocenters. The summed E-state index contributed by atoms with van der Waals surface area (Å²) in [5.41, 5.74) is 0.787. The zero-order valence-electron chi connectivity index (χ0n) is 9.53. The van der Waals surface area contributed by atoms with Crippen molar-refractivity contribution >= 4 is 11.6 Å². The van der Waals surface area contributed by atoms with Gasteiger partial charge in [-0.2, -0.15) is 0 Å². The minimum Gasteiger partial charge on any atom is -0.325 e. The summed E-state index contributed by atoms with van der Waals surface area (Å²) >= 11 is 0. The second kappa shape index (κ2) is 5.94. The molecule has 1 aromatic rings. The van der Waals surface area contributed by atoms with E-state index < -0.39 is 0 Å². The van der Waals surface area contributed by atoms with Crippen LogP contribution >= 0.6 is 0 Å². The van der Waals surface area contributed by atoms with Crippen LogP contribution in [0, 0.1) is 12.3 Å². The second-order valence-electron chi connectivity index (χ2n) is 3.63. The normalized spacial score (nSPS) is 13.6. The third-order valence-corrected chi connectivity index (χ3v) is 2.18. The minimum absolute atomic E-state index is 0.0895. The number of para-hydroxylation sites is 1. The van der Waals surface area contributed by atoms with Gasteiger partial charge < -0.3 is 5.32 Å². The molecule has 16 heavy (non-hydrogen) atoms. The molecular formula is C13H16N2O. The maximum absolute atomic E-state index is 11.7. The molecule has 2 atom stereocenters. The number of carbonyl (C=O) groups excluding carboxylic acids is 1. The predicted octanol–water partition coefficient (Wildman–Crippen LogP) is 1.62. The van der Waals surface area contributed by atoms with Gasteiger partial charge in [0, 0.05) is 5.69 Å². The number of nitrogens with one attached hydrogen (secondary N) is 2. The van der Waals surface area contributed by atoms with Crippen LogP contribution in [0.3, 0.4) is 0 Å². The van der Waals surface area contributed by atoms with E-state index in [2.05, 4.69) is 16.6 Å². The lowest BCUT2D eigenvalue weighted by atomic mass is 10.2. The summed E-state index contributed by atoms with van der Waals surface area (Å²) < 4.78 is 0. The Morgan fingerprint density at radius 1 is 1.31 bits per heavy atom. The Labute approximate surface area is 96.2 Å². The van der Waals surface area contributed by atoms with E-state index in [0.717, 1.165) is 5.69 Å². The first kappa shape index (κ1) is 12.3. The fraction of sp³-hybridized carbons (Fsp3) is 0.308. The summed E-state index contributed by atoms with van der Waals surface area (Å²) in [6, 6.07) is 8.90. The van der Waals surface area contributed by atoms with E-state index in [1.54, 1.807) is 6.92 Å². The third kappa shape index (κ3) is 3.76. The van der Waals surface area contributed by atoms with Crippen molar-refractivity contribution in [2.45, 2.75) is 25.9 Å². The Hall–Kier alpha value is -1.79. The van der Waals surface area contributed by atoms with Gasteiger partial charge in [0.15, 0.2) is 0 Å². The molecule has 3 heteroatoms. The number of terminal acetylenes is 1. The molecular weight excluding hydrogens is 200 g/mol. The van der Waals surface area contributed by atoms with E-state index >= 15 is 0 Å². The van der Waals surface area contributed by atoms with Crippen LogP contribution < -0.4 is 10.6 Å². The SMILES string of the molecule is C#CC(C)NC(C)C(=O)Nc1ccccc1. The van der Waals surface area contributed by atoms with Crippen LogP contribution in [0.15, 0.2) is 30.3 Å². The van der Waals surface area contributed by atoms with Crippen molar-refractivity contribution in [2.75, 3.05) is 5.32 Å². The Kier molecular flexibility index (Phi) is 4.56. The van der Waals surface area contributed by atoms with E-state index in [4.69, 9.17) is 6.42 Å². The average molecular weight is 216 g/mol. The monoisotopic (exact) mass is 216 g/mol. The van der Waals surface area contributed by atoms with Crippen molar-refractivity contribution in [3.8, 4) is 12.3 Å². The molecule has 1 aromatic carbocycles. The highest BCUT2D eigenvalue weighted by atomic mass is 16.2. The Bertz CT molecular complexity index is 381. The fourth-order valence-corrected chi connectivity index (χ4v) is 1.27. The van der Waals surface area contributed by atoms with E-state index in [9.17, 15) is 4.79 Å². The summed E-state index contributed by atoms with van der Waals surface area (Å²) in [7, 11) is 0. The standard InChI is InChI=1S/C13H16N2O/c1-4-10(2)14-11(3)13(16)15-12-8-6-5-7-9-12/h1,5-11,14H,2-3H3,(H,15,16). The number of hydrogen-bond acceptors (Lipinski definition) is 2. The topological polar surface area (TPSA) is 41.1 Å². The first-order valence-electron chi connectivity index (χ1n) is 5.21. The number of rotatable bonds is 4. The number of benzene rings is 1. The van der Waals surface area contributed by atoms with Gasteiger partial charge in [-0.3, -0.25) is 10.1 Å². The van der Waals surface area contributed by atoms with Gasteiger partial charge in [-0.1, -0.05) is 24.1 Å². The quantitative estimate of drug-likeness (QED) is 0.751. The highest BCUT2D eigenvalue weighted by Gasteiger charge is 2.13.